The van der Waals surface area contributed by atoms with Crippen LogP contribution in [0.2, 0.25) is 0 Å². The van der Waals surface area contributed by atoms with Crippen molar-refractivity contribution in [2.75, 3.05) is 0 Å². The molecule has 0 heterocycles. The van der Waals surface area contributed by atoms with E-state index >= 15 is 0 Å². The molecule has 0 aliphatic carbocycles. The van der Waals surface area contributed by atoms with Crippen molar-refractivity contribution in [1.29, 1.82) is 0 Å². The monoisotopic (exact) mass is 212 g/mol. The maximum absolute atomic E-state index is 10.7. The number of carbonyl (C=O) groups excluding carboxylic acids is 1. The van der Waals surface area contributed by atoms with Gasteiger partial charge >= 0.3 is 0 Å². The second-order valence-corrected chi connectivity index (χ2v) is 5.19. The van der Waals surface area contributed by atoms with Gasteiger partial charge in [-0.15, -0.1) is 0 Å². The van der Waals surface area contributed by atoms with Crippen LogP contribution < -0.4 is 0 Å². The summed E-state index contributed by atoms with van der Waals surface area (Å²) in [5, 5.41) is 2.32. The maximum Gasteiger partial charge on any atom is 0.150 e. The van der Waals surface area contributed by atoms with Crippen LogP contribution in [0.5, 0.6) is 0 Å². The standard InChI is InChI=1S/C15H16O/c1-15(2,3)14-7-6-12-5-4-11(10-16)8-13(12)9-14/h4-10H,1-3H3. The zero-order chi connectivity index (χ0) is 11.8. The molecule has 0 atom stereocenters. The molecule has 2 rings (SSSR count). The van der Waals surface area contributed by atoms with Crippen molar-refractivity contribution in [1.82, 2.24) is 0 Å². The molecule has 0 saturated heterocycles. The predicted octanol–water partition coefficient (Wildman–Crippen LogP) is 3.95. The Morgan fingerprint density at radius 3 is 2.25 bits per heavy atom. The SMILES string of the molecule is CC(C)(C)c1ccc2ccc(C=O)cc2c1. The molecular weight excluding hydrogens is 196 g/mol. The van der Waals surface area contributed by atoms with Crippen LogP contribution in [0, 0.1) is 0 Å². The van der Waals surface area contributed by atoms with Crippen LogP contribution in [0.3, 0.4) is 0 Å². The van der Waals surface area contributed by atoms with Gasteiger partial charge in [0.25, 0.3) is 0 Å². The summed E-state index contributed by atoms with van der Waals surface area (Å²) in [5.74, 6) is 0. The first kappa shape index (κ1) is 10.9. The number of hydrogen-bond acceptors (Lipinski definition) is 1. The molecule has 16 heavy (non-hydrogen) atoms. The van der Waals surface area contributed by atoms with Gasteiger partial charge in [-0.2, -0.15) is 0 Å². The lowest BCUT2D eigenvalue weighted by Gasteiger charge is -2.19. The molecule has 0 radical (unpaired) electrons. The first-order chi connectivity index (χ1) is 7.50. The van der Waals surface area contributed by atoms with Gasteiger partial charge in [0, 0.05) is 5.56 Å². The Morgan fingerprint density at radius 1 is 0.938 bits per heavy atom. The molecule has 0 spiro atoms. The number of benzene rings is 2. The molecule has 0 N–H and O–H groups in total. The summed E-state index contributed by atoms with van der Waals surface area (Å²) >= 11 is 0. The molecule has 0 fully saturated rings. The number of aldehydes is 1. The van der Waals surface area contributed by atoms with Crippen LogP contribution in [-0.2, 0) is 5.41 Å². The lowest BCUT2D eigenvalue weighted by atomic mass is 9.86. The lowest BCUT2D eigenvalue weighted by molar-refractivity contribution is 0.112. The molecule has 82 valence electrons. The minimum Gasteiger partial charge on any atom is -0.298 e. The van der Waals surface area contributed by atoms with Gasteiger partial charge in [-0.05, 0) is 27.8 Å². The fourth-order valence-electron chi connectivity index (χ4n) is 1.81. The second-order valence-electron chi connectivity index (χ2n) is 5.19. The summed E-state index contributed by atoms with van der Waals surface area (Å²) in [6.07, 6.45) is 0.892. The van der Waals surface area contributed by atoms with Gasteiger partial charge in [0.05, 0.1) is 0 Å². The summed E-state index contributed by atoms with van der Waals surface area (Å²) < 4.78 is 0. The van der Waals surface area contributed by atoms with E-state index in [4.69, 9.17) is 0 Å². The molecule has 0 bridgehead atoms. The van der Waals surface area contributed by atoms with E-state index in [9.17, 15) is 4.79 Å². The van der Waals surface area contributed by atoms with E-state index in [1.54, 1.807) is 0 Å². The second kappa shape index (κ2) is 3.75. The van der Waals surface area contributed by atoms with Crippen molar-refractivity contribution in [3.8, 4) is 0 Å². The van der Waals surface area contributed by atoms with Gasteiger partial charge in [0.2, 0.25) is 0 Å². The molecule has 1 nitrogen and oxygen atoms in total. The van der Waals surface area contributed by atoms with Crippen LogP contribution in [0.25, 0.3) is 10.8 Å². The Bertz CT molecular complexity index is 533. The smallest absolute Gasteiger partial charge is 0.150 e. The van der Waals surface area contributed by atoms with Crippen LogP contribution >= 0.6 is 0 Å². The van der Waals surface area contributed by atoms with Crippen molar-refractivity contribution in [3.05, 3.63) is 47.5 Å². The molecule has 2 aromatic rings. The van der Waals surface area contributed by atoms with Crippen molar-refractivity contribution in [3.63, 3.8) is 0 Å². The van der Waals surface area contributed by atoms with Crippen molar-refractivity contribution in [2.45, 2.75) is 26.2 Å². The first-order valence-electron chi connectivity index (χ1n) is 5.50. The Hall–Kier alpha value is -1.63. The number of fused-ring (bicyclic) bond motifs is 1. The molecule has 0 aliphatic heterocycles. The van der Waals surface area contributed by atoms with Gasteiger partial charge in [-0.1, -0.05) is 51.1 Å². The Balaban J connectivity index is 2.64. The molecular formula is C15H16O. The van der Waals surface area contributed by atoms with E-state index in [2.05, 4.69) is 39.0 Å². The van der Waals surface area contributed by atoms with Crippen molar-refractivity contribution in [2.24, 2.45) is 0 Å². The van der Waals surface area contributed by atoms with E-state index < -0.39 is 0 Å². The Morgan fingerprint density at radius 2 is 1.62 bits per heavy atom. The summed E-state index contributed by atoms with van der Waals surface area (Å²) in [7, 11) is 0. The summed E-state index contributed by atoms with van der Waals surface area (Å²) in [5.41, 5.74) is 2.17. The summed E-state index contributed by atoms with van der Waals surface area (Å²) in [4.78, 5) is 10.7. The van der Waals surface area contributed by atoms with Crippen LogP contribution in [0.1, 0.15) is 36.7 Å². The fourth-order valence-corrected chi connectivity index (χ4v) is 1.81. The molecule has 0 aliphatic rings. The average molecular weight is 212 g/mol. The minimum atomic E-state index is 0.144. The third-order valence-corrected chi connectivity index (χ3v) is 2.87. The zero-order valence-electron chi connectivity index (χ0n) is 9.95. The summed E-state index contributed by atoms with van der Waals surface area (Å²) in [6, 6.07) is 12.2. The van der Waals surface area contributed by atoms with Crippen molar-refractivity contribution >= 4 is 17.1 Å². The van der Waals surface area contributed by atoms with Gasteiger partial charge < -0.3 is 0 Å². The third-order valence-electron chi connectivity index (χ3n) is 2.87. The highest BCUT2D eigenvalue weighted by molar-refractivity contribution is 5.89. The Kier molecular flexibility index (Phi) is 2.55. The number of rotatable bonds is 1. The van der Waals surface area contributed by atoms with Gasteiger partial charge in [-0.25, -0.2) is 0 Å². The predicted molar refractivity (Wildman–Crippen MR) is 68.0 cm³/mol. The molecule has 0 saturated carbocycles. The normalized spacial score (nSPS) is 11.7. The maximum atomic E-state index is 10.7. The van der Waals surface area contributed by atoms with Gasteiger partial charge in [-0.3, -0.25) is 4.79 Å². The van der Waals surface area contributed by atoms with E-state index in [0.717, 1.165) is 17.2 Å². The highest BCUT2D eigenvalue weighted by atomic mass is 16.1. The molecule has 0 amide bonds. The van der Waals surface area contributed by atoms with E-state index in [0.29, 0.717) is 0 Å². The van der Waals surface area contributed by atoms with E-state index in [1.807, 2.05) is 18.2 Å². The Labute approximate surface area is 96.1 Å². The molecule has 0 unspecified atom stereocenters. The molecule has 1 heteroatoms. The van der Waals surface area contributed by atoms with Crippen LogP contribution in [0.15, 0.2) is 36.4 Å². The number of hydrogen-bond donors (Lipinski definition) is 0. The summed E-state index contributed by atoms with van der Waals surface area (Å²) in [6.45, 7) is 6.58. The van der Waals surface area contributed by atoms with Gasteiger partial charge in [0.15, 0.2) is 0 Å². The first-order valence-corrected chi connectivity index (χ1v) is 5.50. The highest BCUT2D eigenvalue weighted by Gasteiger charge is 2.13. The third kappa shape index (κ3) is 1.99. The highest BCUT2D eigenvalue weighted by Crippen LogP contribution is 2.26. The topological polar surface area (TPSA) is 17.1 Å². The van der Waals surface area contributed by atoms with E-state index in [1.165, 1.54) is 10.9 Å². The van der Waals surface area contributed by atoms with Crippen molar-refractivity contribution < 1.29 is 4.79 Å². The van der Waals surface area contributed by atoms with Crippen LogP contribution in [-0.4, -0.2) is 6.29 Å². The number of carbonyl (C=O) groups is 1. The quantitative estimate of drug-likeness (QED) is 0.654. The molecule has 2 aromatic carbocycles. The molecule has 0 aromatic heterocycles. The fraction of sp³-hybridized carbons (Fsp3) is 0.267. The largest absolute Gasteiger partial charge is 0.298 e. The van der Waals surface area contributed by atoms with Gasteiger partial charge in [0.1, 0.15) is 6.29 Å². The average Bonchev–Trinajstić information content (AvgIpc) is 2.26. The lowest BCUT2D eigenvalue weighted by Crippen LogP contribution is -2.10. The zero-order valence-corrected chi connectivity index (χ0v) is 9.95. The minimum absolute atomic E-state index is 0.144. The van der Waals surface area contributed by atoms with E-state index in [-0.39, 0.29) is 5.41 Å². The van der Waals surface area contributed by atoms with Crippen LogP contribution in [0.4, 0.5) is 0 Å².